The van der Waals surface area contributed by atoms with Crippen molar-refractivity contribution in [2.75, 3.05) is 0 Å². The predicted molar refractivity (Wildman–Crippen MR) is 65.4 cm³/mol. The molecule has 5 heteroatoms. The lowest BCUT2D eigenvalue weighted by Gasteiger charge is -2.15. The van der Waals surface area contributed by atoms with Gasteiger partial charge in [0, 0.05) is 23.6 Å². The molecule has 0 fully saturated rings. The lowest BCUT2D eigenvalue weighted by molar-refractivity contribution is -0.147. The highest BCUT2D eigenvalue weighted by Gasteiger charge is 2.37. The van der Waals surface area contributed by atoms with E-state index in [0.717, 1.165) is 16.6 Å². The fraction of sp³-hybridized carbons (Fsp3) is 0.385. The summed E-state index contributed by atoms with van der Waals surface area (Å²) in [6.07, 6.45) is -4.54. The van der Waals surface area contributed by atoms with Gasteiger partial charge in [-0.05, 0) is 25.0 Å². The van der Waals surface area contributed by atoms with Gasteiger partial charge < -0.3 is 10.3 Å². The highest BCUT2D eigenvalue weighted by atomic mass is 19.4. The lowest BCUT2D eigenvalue weighted by Crippen LogP contribution is -2.39. The number of benzene rings is 1. The number of aryl methyl sites for hydroxylation is 1. The van der Waals surface area contributed by atoms with Crippen molar-refractivity contribution < 1.29 is 13.2 Å². The first-order valence-corrected chi connectivity index (χ1v) is 5.67. The fourth-order valence-corrected chi connectivity index (χ4v) is 2.19. The number of nitrogens with zero attached hydrogens (tertiary/aromatic N) is 1. The summed E-state index contributed by atoms with van der Waals surface area (Å²) >= 11 is 0. The molecular formula is C13H15F3N2. The van der Waals surface area contributed by atoms with Crippen LogP contribution in [0.25, 0.3) is 10.9 Å². The molecule has 0 aliphatic carbocycles. The van der Waals surface area contributed by atoms with Crippen LogP contribution in [-0.4, -0.2) is 16.8 Å². The van der Waals surface area contributed by atoms with Crippen LogP contribution in [-0.2, 0) is 13.5 Å². The topological polar surface area (TPSA) is 30.9 Å². The van der Waals surface area contributed by atoms with Crippen LogP contribution in [0.2, 0.25) is 0 Å². The van der Waals surface area contributed by atoms with E-state index in [9.17, 15) is 13.2 Å². The van der Waals surface area contributed by atoms with Crippen LogP contribution in [0, 0.1) is 6.92 Å². The quantitative estimate of drug-likeness (QED) is 0.880. The molecule has 0 aliphatic heterocycles. The van der Waals surface area contributed by atoms with Gasteiger partial charge in [-0.3, -0.25) is 0 Å². The summed E-state index contributed by atoms with van der Waals surface area (Å²) < 4.78 is 39.5. The van der Waals surface area contributed by atoms with Crippen molar-refractivity contribution in [3.8, 4) is 0 Å². The molecule has 0 aliphatic rings. The van der Waals surface area contributed by atoms with Gasteiger partial charge in [0.2, 0.25) is 0 Å². The molecule has 2 nitrogen and oxygen atoms in total. The number of hydrogen-bond donors (Lipinski definition) is 1. The summed E-state index contributed by atoms with van der Waals surface area (Å²) in [5.74, 6) is 0. The summed E-state index contributed by atoms with van der Waals surface area (Å²) in [5.41, 5.74) is 7.66. The summed E-state index contributed by atoms with van der Waals surface area (Å²) in [7, 11) is 1.85. The van der Waals surface area contributed by atoms with Crippen molar-refractivity contribution in [3.05, 3.63) is 35.5 Å². The normalized spacial score (nSPS) is 14.1. The Balaban J connectivity index is 2.48. The molecule has 98 valence electrons. The molecular weight excluding hydrogens is 241 g/mol. The maximum atomic E-state index is 12.5. The predicted octanol–water partition coefficient (Wildman–Crippen LogP) is 2.92. The molecule has 1 unspecified atom stereocenters. The first kappa shape index (κ1) is 13.0. The van der Waals surface area contributed by atoms with Gasteiger partial charge in [-0.15, -0.1) is 0 Å². The first-order chi connectivity index (χ1) is 8.32. The van der Waals surface area contributed by atoms with Crippen LogP contribution in [0.5, 0.6) is 0 Å². The Kier molecular flexibility index (Phi) is 3.11. The van der Waals surface area contributed by atoms with Crippen molar-refractivity contribution in [1.29, 1.82) is 0 Å². The Hall–Kier alpha value is -1.49. The van der Waals surface area contributed by atoms with E-state index in [1.54, 1.807) is 0 Å². The van der Waals surface area contributed by atoms with Gasteiger partial charge in [0.05, 0.1) is 0 Å². The van der Waals surface area contributed by atoms with Crippen molar-refractivity contribution >= 4 is 10.9 Å². The molecule has 2 aromatic rings. The number of fused-ring (bicyclic) bond motifs is 1. The highest BCUT2D eigenvalue weighted by Crippen LogP contribution is 2.29. The summed E-state index contributed by atoms with van der Waals surface area (Å²) in [4.78, 5) is 0. The van der Waals surface area contributed by atoms with E-state index in [4.69, 9.17) is 5.73 Å². The smallest absolute Gasteiger partial charge is 0.348 e. The minimum absolute atomic E-state index is 0.184. The number of hydrogen-bond acceptors (Lipinski definition) is 1. The molecule has 1 aromatic carbocycles. The number of halogens is 3. The summed E-state index contributed by atoms with van der Waals surface area (Å²) in [6.45, 7) is 1.82. The molecule has 0 saturated carbocycles. The molecule has 2 rings (SSSR count). The van der Waals surface area contributed by atoms with Crippen molar-refractivity contribution in [2.45, 2.75) is 25.6 Å². The second-order valence-corrected chi connectivity index (χ2v) is 4.49. The van der Waals surface area contributed by atoms with Crippen LogP contribution >= 0.6 is 0 Å². The Morgan fingerprint density at radius 2 is 1.89 bits per heavy atom. The van der Waals surface area contributed by atoms with Crippen molar-refractivity contribution in [1.82, 2.24) is 4.57 Å². The minimum Gasteiger partial charge on any atom is -0.348 e. The second-order valence-electron chi connectivity index (χ2n) is 4.49. The van der Waals surface area contributed by atoms with Crippen LogP contribution in [0.1, 0.15) is 11.3 Å². The maximum Gasteiger partial charge on any atom is 0.403 e. The van der Waals surface area contributed by atoms with Gasteiger partial charge in [-0.1, -0.05) is 18.2 Å². The zero-order valence-electron chi connectivity index (χ0n) is 10.3. The van der Waals surface area contributed by atoms with E-state index in [0.29, 0.717) is 5.56 Å². The third-order valence-corrected chi connectivity index (χ3v) is 3.37. The zero-order valence-corrected chi connectivity index (χ0v) is 10.3. The monoisotopic (exact) mass is 256 g/mol. The molecule has 0 amide bonds. The van der Waals surface area contributed by atoms with Crippen molar-refractivity contribution in [2.24, 2.45) is 12.8 Å². The average molecular weight is 256 g/mol. The third kappa shape index (κ3) is 2.10. The Bertz CT molecular complexity index is 569. The van der Waals surface area contributed by atoms with Crippen LogP contribution in [0.15, 0.2) is 24.3 Å². The van der Waals surface area contributed by atoms with E-state index < -0.39 is 12.2 Å². The fourth-order valence-electron chi connectivity index (χ4n) is 2.19. The molecule has 0 spiro atoms. The van der Waals surface area contributed by atoms with E-state index in [2.05, 4.69) is 0 Å². The third-order valence-electron chi connectivity index (χ3n) is 3.37. The molecule has 2 N–H and O–H groups in total. The molecule has 0 radical (unpaired) electrons. The van der Waals surface area contributed by atoms with Gasteiger partial charge in [0.25, 0.3) is 0 Å². The zero-order chi connectivity index (χ0) is 13.5. The molecule has 1 aromatic heterocycles. The highest BCUT2D eigenvalue weighted by molar-refractivity contribution is 5.85. The van der Waals surface area contributed by atoms with Crippen LogP contribution in [0.4, 0.5) is 13.2 Å². The Morgan fingerprint density at radius 1 is 1.28 bits per heavy atom. The summed E-state index contributed by atoms with van der Waals surface area (Å²) in [5, 5.41) is 0.845. The van der Waals surface area contributed by atoms with Crippen LogP contribution in [0.3, 0.4) is 0 Å². The van der Waals surface area contributed by atoms with Gasteiger partial charge in [-0.2, -0.15) is 13.2 Å². The maximum absolute atomic E-state index is 12.5. The molecule has 1 heterocycles. The number of rotatable bonds is 2. The summed E-state index contributed by atoms with van der Waals surface area (Å²) in [6, 6.07) is 5.60. The van der Waals surface area contributed by atoms with Gasteiger partial charge in [0.15, 0.2) is 0 Å². The number of nitrogens with two attached hydrogens (primary N) is 1. The van der Waals surface area contributed by atoms with Crippen LogP contribution < -0.4 is 5.73 Å². The van der Waals surface area contributed by atoms with E-state index in [1.165, 1.54) is 0 Å². The first-order valence-electron chi connectivity index (χ1n) is 5.67. The largest absolute Gasteiger partial charge is 0.403 e. The molecule has 0 bridgehead atoms. The average Bonchev–Trinajstić information content (AvgIpc) is 2.54. The van der Waals surface area contributed by atoms with Gasteiger partial charge >= 0.3 is 6.18 Å². The molecule has 18 heavy (non-hydrogen) atoms. The minimum atomic E-state index is -4.36. The van der Waals surface area contributed by atoms with E-state index in [1.807, 2.05) is 42.8 Å². The van der Waals surface area contributed by atoms with Crippen molar-refractivity contribution in [3.63, 3.8) is 0 Å². The number of alkyl halides is 3. The van der Waals surface area contributed by atoms with Gasteiger partial charge in [-0.25, -0.2) is 0 Å². The Labute approximate surface area is 103 Å². The van der Waals surface area contributed by atoms with Gasteiger partial charge in [0.1, 0.15) is 6.04 Å². The van der Waals surface area contributed by atoms with E-state index in [-0.39, 0.29) is 6.42 Å². The number of para-hydroxylation sites is 1. The molecule has 0 saturated heterocycles. The van der Waals surface area contributed by atoms with E-state index >= 15 is 0 Å². The second kappa shape index (κ2) is 4.31. The SMILES string of the molecule is Cc1c(CC(N)C(F)(F)F)c2ccccc2n1C. The standard InChI is InChI=1S/C13H15F3N2/c1-8-10(7-12(17)13(14,15)16)9-5-3-4-6-11(9)18(8)2/h3-6,12H,7,17H2,1-2H3. The Morgan fingerprint density at radius 3 is 2.50 bits per heavy atom. The lowest BCUT2D eigenvalue weighted by atomic mass is 10.0. The molecule has 1 atom stereocenters. The number of aromatic nitrogens is 1.